The molecule has 2 aromatic rings. The van der Waals surface area contributed by atoms with Gasteiger partial charge in [0.15, 0.2) is 0 Å². The zero-order valence-electron chi connectivity index (χ0n) is 14.1. The smallest absolute Gasteiger partial charge is 1.00 e. The summed E-state index contributed by atoms with van der Waals surface area (Å²) >= 11 is 0. The molecule has 2 rings (SSSR count). The van der Waals surface area contributed by atoms with E-state index in [1.54, 1.807) is 36.4 Å². The Balaban J connectivity index is -0.0000000257. The molecular formula is C12H27Br3N4O7Pr+5. The molecule has 0 aliphatic rings. The van der Waals surface area contributed by atoms with Gasteiger partial charge in [0.1, 0.15) is 11.4 Å². The summed E-state index contributed by atoms with van der Waals surface area (Å²) in [5, 5.41) is 0. The van der Waals surface area contributed by atoms with Gasteiger partial charge in [0.2, 0.25) is 0 Å². The Morgan fingerprint density at radius 2 is 0.889 bits per heavy atom. The van der Waals surface area contributed by atoms with Crippen LogP contribution < -0.4 is 62.4 Å². The molecule has 15 heteroatoms. The number of nitrogens with two attached hydrogens (primary N) is 2. The molecule has 0 unspecified atom stereocenters. The summed E-state index contributed by atoms with van der Waals surface area (Å²) in [4.78, 5) is 28.1. The van der Waals surface area contributed by atoms with E-state index in [0.717, 1.165) is 0 Å². The van der Waals surface area contributed by atoms with Crippen LogP contribution in [-0.2, 0) is 27.4 Å². The summed E-state index contributed by atoms with van der Waals surface area (Å²) in [6, 6.07) is 10.0. The minimum atomic E-state index is -0.490. The van der Waals surface area contributed by atoms with Crippen LogP contribution in [0.5, 0.6) is 0 Å². The maximum atomic E-state index is 10.4. The first kappa shape index (κ1) is 56.3. The van der Waals surface area contributed by atoms with E-state index in [0.29, 0.717) is 11.4 Å². The van der Waals surface area contributed by atoms with Crippen LogP contribution in [-0.4, -0.2) is 21.8 Å². The van der Waals surface area contributed by atoms with Crippen LogP contribution in [0.3, 0.4) is 0 Å². The number of carbonyl (C=O) groups excluding carboxylic acids is 2. The van der Waals surface area contributed by atoms with Crippen LogP contribution in [0.4, 0.5) is 0 Å². The van der Waals surface area contributed by atoms with Crippen molar-refractivity contribution in [2.75, 3.05) is 0 Å². The van der Waals surface area contributed by atoms with Crippen molar-refractivity contribution in [3.8, 4) is 0 Å². The second-order valence-electron chi connectivity index (χ2n) is 3.16. The number of halogens is 3. The van der Waals surface area contributed by atoms with Crippen molar-refractivity contribution in [2.24, 2.45) is 11.5 Å². The van der Waals surface area contributed by atoms with E-state index in [-0.39, 0.29) is 120 Å². The molecule has 2 amide bonds. The second-order valence-corrected chi connectivity index (χ2v) is 3.16. The fraction of sp³-hybridized carbons (Fsp3) is 0. The van der Waals surface area contributed by atoms with Gasteiger partial charge in [-0.15, -0.1) is 0 Å². The van der Waals surface area contributed by atoms with E-state index in [4.69, 9.17) is 11.5 Å². The molecule has 0 bridgehead atoms. The van der Waals surface area contributed by atoms with Gasteiger partial charge in [0.05, 0.1) is 0 Å². The molecule has 0 saturated heterocycles. The Morgan fingerprint density at radius 3 is 1.00 bits per heavy atom. The van der Waals surface area contributed by atoms with E-state index in [9.17, 15) is 9.59 Å². The molecule has 11 nitrogen and oxygen atoms in total. The molecular weight excluding hydrogens is 693 g/mol. The first-order valence-corrected chi connectivity index (χ1v) is 5.03. The van der Waals surface area contributed by atoms with Crippen LogP contribution in [0.15, 0.2) is 48.8 Å². The number of primary amides is 2. The summed E-state index contributed by atoms with van der Waals surface area (Å²) in [7, 11) is 0. The first-order valence-electron chi connectivity index (χ1n) is 5.03. The molecule has 2 aromatic heterocycles. The standard InChI is InChI=1S/2C6H6N2O.3BrH.5H2O.Pr/c2*7-6(9)5-3-1-2-4-8-5;;;;;;;;;/h2*1-4H,(H2,7,9);3*1H;5*1H2;/q;;;;;;;;;;+3/p+2. The van der Waals surface area contributed by atoms with E-state index in [2.05, 4.69) is 9.97 Å². The van der Waals surface area contributed by atoms with Crippen molar-refractivity contribution in [3.63, 3.8) is 0 Å². The molecule has 0 aliphatic carbocycles. The van der Waals surface area contributed by atoms with E-state index >= 15 is 0 Å². The monoisotopic (exact) mass is 717 g/mol. The number of nitrogens with zero attached hydrogens (tertiary/aromatic N) is 2. The van der Waals surface area contributed by atoms with E-state index in [1.165, 1.54) is 12.4 Å². The Morgan fingerprint density at radius 1 is 0.630 bits per heavy atom. The molecule has 19 N–H and O–H groups in total. The molecule has 0 aliphatic heterocycles. The Bertz CT molecular complexity index is 496. The van der Waals surface area contributed by atoms with Gasteiger partial charge in [0, 0.05) is 12.4 Å². The van der Waals surface area contributed by atoms with Crippen molar-refractivity contribution >= 4 is 11.8 Å². The normalized spacial score (nSPS) is 5.93. The third-order valence-electron chi connectivity index (χ3n) is 1.83. The maximum Gasteiger partial charge on any atom is 3.00 e. The van der Waals surface area contributed by atoms with Gasteiger partial charge < -0.3 is 89.8 Å². The molecule has 0 aromatic carbocycles. The molecule has 0 fully saturated rings. The Hall–Kier alpha value is -0.156. The average Bonchev–Trinajstić information content (AvgIpc) is 2.41. The summed E-state index contributed by atoms with van der Waals surface area (Å²) in [5.41, 5.74) is 10.4. The van der Waals surface area contributed by atoms with Gasteiger partial charge in [-0.2, -0.15) is 0 Å². The van der Waals surface area contributed by atoms with Gasteiger partial charge in [-0.3, -0.25) is 19.6 Å². The fourth-order valence-electron chi connectivity index (χ4n) is 1.02. The van der Waals surface area contributed by atoms with Gasteiger partial charge in [-0.05, 0) is 24.3 Å². The maximum absolute atomic E-state index is 10.4. The van der Waals surface area contributed by atoms with Crippen molar-refractivity contribution in [1.82, 2.24) is 9.97 Å². The summed E-state index contributed by atoms with van der Waals surface area (Å²) in [5.74, 6) is -0.980. The van der Waals surface area contributed by atoms with Gasteiger partial charge in [-0.1, -0.05) is 12.1 Å². The zero-order chi connectivity index (χ0) is 13.4. The Kier molecular flexibility index (Phi) is 69.7. The minimum Gasteiger partial charge on any atom is -1.00 e. The van der Waals surface area contributed by atoms with Crippen molar-refractivity contribution in [3.05, 3.63) is 60.2 Å². The number of rotatable bonds is 2. The summed E-state index contributed by atoms with van der Waals surface area (Å²) in [6.45, 7) is 0. The number of hydrogen-bond donors (Lipinski definition) is 2. The largest absolute Gasteiger partial charge is 3.00 e. The first-order chi connectivity index (χ1) is 8.61. The predicted octanol–water partition coefficient (Wildman–Crippen LogP) is -13.2. The van der Waals surface area contributed by atoms with E-state index in [1.807, 2.05) is 0 Å². The predicted molar refractivity (Wildman–Crippen MR) is 89.9 cm³/mol. The third kappa shape index (κ3) is 25.8. The zero-order valence-corrected chi connectivity index (χ0v) is 22.5. The number of hydrogen-bond acceptors (Lipinski definition) is 4. The number of pyridine rings is 2. The molecule has 2 heterocycles. The molecule has 0 saturated carbocycles. The van der Waals surface area contributed by atoms with Gasteiger partial charge in [-0.25, -0.2) is 0 Å². The van der Waals surface area contributed by atoms with Crippen molar-refractivity contribution < 1.29 is 129 Å². The Labute approximate surface area is 220 Å². The number of carbonyl (C=O) groups is 2. The van der Waals surface area contributed by atoms with Crippen LogP contribution >= 0.6 is 0 Å². The van der Waals surface area contributed by atoms with Crippen molar-refractivity contribution in [2.45, 2.75) is 0 Å². The average molecular weight is 720 g/mol. The molecule has 0 atom stereocenters. The number of aromatic nitrogens is 2. The molecule has 27 heavy (non-hydrogen) atoms. The summed E-state index contributed by atoms with van der Waals surface area (Å²) in [6.07, 6.45) is 3.06. The number of amides is 2. The van der Waals surface area contributed by atoms with E-state index < -0.39 is 11.8 Å². The minimum absolute atomic E-state index is 0. The van der Waals surface area contributed by atoms with Crippen LogP contribution in [0, 0.1) is 41.3 Å². The van der Waals surface area contributed by atoms with Gasteiger partial charge >= 0.3 is 41.3 Å². The molecule has 0 spiro atoms. The second kappa shape index (κ2) is 33.4. The van der Waals surface area contributed by atoms with Crippen LogP contribution in [0.25, 0.3) is 0 Å². The SMILES string of the molecule is NC(=O)c1ccccn1.NC(=O)c1ccccn1.[Br-].[Br-].[Br-].[OH3+].[OH3+].[OH3+].[OH3+].[OH3+].[Pr+3]. The third-order valence-corrected chi connectivity index (χ3v) is 1.83. The molecule has 0 radical (unpaired) electrons. The van der Waals surface area contributed by atoms with Crippen LogP contribution in [0.2, 0.25) is 0 Å². The molecule has 156 valence electrons. The van der Waals surface area contributed by atoms with Crippen molar-refractivity contribution in [1.29, 1.82) is 0 Å². The fourth-order valence-corrected chi connectivity index (χ4v) is 1.02. The topological polar surface area (TPSA) is 277 Å². The quantitative estimate of drug-likeness (QED) is 0.286. The summed E-state index contributed by atoms with van der Waals surface area (Å²) < 4.78 is 0. The van der Waals surface area contributed by atoms with Gasteiger partial charge in [0.25, 0.3) is 11.8 Å². The van der Waals surface area contributed by atoms with Crippen LogP contribution in [0.1, 0.15) is 21.0 Å².